The lowest BCUT2D eigenvalue weighted by Crippen LogP contribution is -2.26. The third-order valence-corrected chi connectivity index (χ3v) is 5.66. The van der Waals surface area contributed by atoms with Crippen LogP contribution in [0.4, 0.5) is 15.3 Å². The van der Waals surface area contributed by atoms with Crippen molar-refractivity contribution < 1.29 is 29.0 Å². The van der Waals surface area contributed by atoms with E-state index in [0.717, 1.165) is 22.3 Å². The molecule has 0 heterocycles. The average molecular weight is 472 g/mol. The molecule has 1 aliphatic carbocycles. The van der Waals surface area contributed by atoms with Gasteiger partial charge < -0.3 is 19.9 Å². The molecule has 8 nitrogen and oxygen atoms in total. The van der Waals surface area contributed by atoms with Crippen LogP contribution in [0.1, 0.15) is 33.0 Å². The van der Waals surface area contributed by atoms with E-state index in [1.807, 2.05) is 36.4 Å². The zero-order chi connectivity index (χ0) is 24.8. The molecule has 0 aromatic heterocycles. The molecule has 2 amide bonds. The number of benzene rings is 3. The summed E-state index contributed by atoms with van der Waals surface area (Å²) in [6, 6.07) is 20.5. The number of carboxylic acids is 1. The predicted molar refractivity (Wildman–Crippen MR) is 130 cm³/mol. The van der Waals surface area contributed by atoms with Crippen LogP contribution in [-0.2, 0) is 16.0 Å². The van der Waals surface area contributed by atoms with Crippen LogP contribution < -0.4 is 10.6 Å². The van der Waals surface area contributed by atoms with Gasteiger partial charge in [-0.15, -0.1) is 0 Å². The second-order valence-electron chi connectivity index (χ2n) is 7.88. The number of hydrogen-bond donors (Lipinski definition) is 3. The van der Waals surface area contributed by atoms with E-state index in [0.29, 0.717) is 5.56 Å². The molecule has 0 aliphatic heterocycles. The number of amides is 2. The van der Waals surface area contributed by atoms with Crippen LogP contribution in [0.25, 0.3) is 11.1 Å². The quantitative estimate of drug-likeness (QED) is 0.390. The maximum atomic E-state index is 12.4. The minimum atomic E-state index is -1.21. The molecule has 0 spiro atoms. The molecule has 0 atom stereocenters. The van der Waals surface area contributed by atoms with Crippen molar-refractivity contribution in [2.24, 2.45) is 0 Å². The maximum Gasteiger partial charge on any atom is 0.411 e. The van der Waals surface area contributed by atoms with Gasteiger partial charge in [-0.25, -0.2) is 14.4 Å². The summed E-state index contributed by atoms with van der Waals surface area (Å²) in [4.78, 5) is 35.8. The first-order valence-electron chi connectivity index (χ1n) is 11.0. The highest BCUT2D eigenvalue weighted by Crippen LogP contribution is 2.44. The molecule has 8 heteroatoms. The largest absolute Gasteiger partial charge is 0.478 e. The van der Waals surface area contributed by atoms with Gasteiger partial charge in [0.1, 0.15) is 13.2 Å². The average Bonchev–Trinajstić information content (AvgIpc) is 3.18. The number of nitrogens with one attached hydrogen (secondary N) is 2. The van der Waals surface area contributed by atoms with Crippen molar-refractivity contribution in [3.63, 3.8) is 0 Å². The minimum absolute atomic E-state index is 0.0166. The van der Waals surface area contributed by atoms with Crippen LogP contribution in [0.5, 0.6) is 0 Å². The summed E-state index contributed by atoms with van der Waals surface area (Å²) in [5, 5.41) is 14.4. The SMILES string of the molecule is C=CCOC(=O)Nc1cc(CNC(=O)OCC2c3ccccc3-c3ccccc32)ccc1C(=O)O. The Kier molecular flexibility index (Phi) is 7.11. The number of aromatic carboxylic acids is 1. The lowest BCUT2D eigenvalue weighted by Gasteiger charge is -2.15. The van der Waals surface area contributed by atoms with Gasteiger partial charge in [-0.2, -0.15) is 0 Å². The number of fused-ring (bicyclic) bond motifs is 3. The summed E-state index contributed by atoms with van der Waals surface area (Å²) in [5.41, 5.74) is 5.03. The van der Waals surface area contributed by atoms with Gasteiger partial charge >= 0.3 is 18.2 Å². The summed E-state index contributed by atoms with van der Waals surface area (Å²) >= 11 is 0. The van der Waals surface area contributed by atoms with E-state index < -0.39 is 18.2 Å². The molecule has 0 radical (unpaired) electrons. The van der Waals surface area contributed by atoms with Gasteiger partial charge in [-0.05, 0) is 39.9 Å². The third kappa shape index (κ3) is 5.33. The van der Waals surface area contributed by atoms with Crippen molar-refractivity contribution in [3.05, 3.63) is 102 Å². The smallest absolute Gasteiger partial charge is 0.411 e. The van der Waals surface area contributed by atoms with Gasteiger partial charge in [0.05, 0.1) is 11.3 Å². The first-order chi connectivity index (χ1) is 17.0. The molecule has 4 rings (SSSR count). The second-order valence-corrected chi connectivity index (χ2v) is 7.88. The second kappa shape index (κ2) is 10.6. The van der Waals surface area contributed by atoms with Crippen molar-refractivity contribution in [1.29, 1.82) is 0 Å². The summed E-state index contributed by atoms with van der Waals surface area (Å²) in [6.07, 6.45) is -0.0185. The Morgan fingerprint density at radius 3 is 2.20 bits per heavy atom. The van der Waals surface area contributed by atoms with Gasteiger partial charge in [0.15, 0.2) is 0 Å². The van der Waals surface area contributed by atoms with Crippen molar-refractivity contribution in [3.8, 4) is 11.1 Å². The fourth-order valence-electron chi connectivity index (χ4n) is 4.10. The highest BCUT2D eigenvalue weighted by atomic mass is 16.6. The maximum absolute atomic E-state index is 12.4. The Bertz CT molecular complexity index is 1240. The van der Waals surface area contributed by atoms with Gasteiger partial charge in [0.25, 0.3) is 0 Å². The number of carboxylic acid groups (broad SMARTS) is 1. The molecule has 0 fully saturated rings. The van der Waals surface area contributed by atoms with E-state index in [1.54, 1.807) is 6.07 Å². The summed E-state index contributed by atoms with van der Waals surface area (Å²) < 4.78 is 10.4. The molecule has 0 saturated heterocycles. The summed E-state index contributed by atoms with van der Waals surface area (Å²) in [7, 11) is 0. The molecular formula is C27H24N2O6. The fraction of sp³-hybridized carbons (Fsp3) is 0.148. The Morgan fingerprint density at radius 2 is 1.57 bits per heavy atom. The fourth-order valence-corrected chi connectivity index (χ4v) is 4.10. The number of ether oxygens (including phenoxy) is 2. The Labute approximate surface area is 202 Å². The molecule has 3 aromatic rings. The van der Waals surface area contributed by atoms with Crippen LogP contribution in [0.15, 0.2) is 79.4 Å². The van der Waals surface area contributed by atoms with Crippen molar-refractivity contribution in [2.75, 3.05) is 18.5 Å². The monoisotopic (exact) mass is 472 g/mol. The molecule has 3 N–H and O–H groups in total. The van der Waals surface area contributed by atoms with Gasteiger partial charge in [0, 0.05) is 12.5 Å². The highest BCUT2D eigenvalue weighted by molar-refractivity contribution is 5.99. The van der Waals surface area contributed by atoms with E-state index in [-0.39, 0.29) is 36.9 Å². The van der Waals surface area contributed by atoms with Crippen LogP contribution >= 0.6 is 0 Å². The first-order valence-corrected chi connectivity index (χ1v) is 11.0. The molecule has 178 valence electrons. The molecule has 35 heavy (non-hydrogen) atoms. The van der Waals surface area contributed by atoms with E-state index >= 15 is 0 Å². The number of alkyl carbamates (subject to hydrolysis) is 1. The van der Waals surface area contributed by atoms with Crippen LogP contribution in [0.3, 0.4) is 0 Å². The summed E-state index contributed by atoms with van der Waals surface area (Å²) in [5.74, 6) is -1.26. The van der Waals surface area contributed by atoms with Gasteiger partial charge in [-0.3, -0.25) is 5.32 Å². The molecule has 0 unspecified atom stereocenters. The van der Waals surface area contributed by atoms with Crippen molar-refractivity contribution in [1.82, 2.24) is 5.32 Å². The molecule has 0 bridgehead atoms. The van der Waals surface area contributed by atoms with E-state index in [4.69, 9.17) is 9.47 Å². The number of rotatable bonds is 8. The van der Waals surface area contributed by atoms with Crippen LogP contribution in [-0.4, -0.2) is 36.5 Å². The number of anilines is 1. The van der Waals surface area contributed by atoms with Gasteiger partial charge in [0.2, 0.25) is 0 Å². The lowest BCUT2D eigenvalue weighted by atomic mass is 9.98. The number of carbonyl (C=O) groups is 3. The Morgan fingerprint density at radius 1 is 0.914 bits per heavy atom. The zero-order valence-corrected chi connectivity index (χ0v) is 18.8. The van der Waals surface area contributed by atoms with E-state index in [9.17, 15) is 19.5 Å². The Hall–Kier alpha value is -4.59. The number of carbonyl (C=O) groups excluding carboxylic acids is 2. The third-order valence-electron chi connectivity index (χ3n) is 5.66. The molecule has 3 aromatic carbocycles. The van der Waals surface area contributed by atoms with Crippen LogP contribution in [0.2, 0.25) is 0 Å². The van der Waals surface area contributed by atoms with Crippen molar-refractivity contribution in [2.45, 2.75) is 12.5 Å². The number of hydrogen-bond acceptors (Lipinski definition) is 5. The van der Waals surface area contributed by atoms with Crippen molar-refractivity contribution >= 4 is 23.8 Å². The predicted octanol–water partition coefficient (Wildman–Crippen LogP) is 5.16. The summed E-state index contributed by atoms with van der Waals surface area (Å²) in [6.45, 7) is 3.69. The van der Waals surface area contributed by atoms with Gasteiger partial charge in [-0.1, -0.05) is 67.3 Å². The topological polar surface area (TPSA) is 114 Å². The molecular weight excluding hydrogens is 448 g/mol. The minimum Gasteiger partial charge on any atom is -0.478 e. The van der Waals surface area contributed by atoms with E-state index in [1.165, 1.54) is 18.2 Å². The molecule has 1 aliphatic rings. The lowest BCUT2D eigenvalue weighted by molar-refractivity contribution is 0.0698. The highest BCUT2D eigenvalue weighted by Gasteiger charge is 2.29. The zero-order valence-electron chi connectivity index (χ0n) is 18.8. The van der Waals surface area contributed by atoms with E-state index in [2.05, 4.69) is 29.3 Å². The Balaban J connectivity index is 1.38. The van der Waals surface area contributed by atoms with Crippen LogP contribution in [0, 0.1) is 0 Å². The molecule has 0 saturated carbocycles. The first kappa shape index (κ1) is 23.6. The normalized spacial score (nSPS) is 11.7. The standard InChI is InChI=1S/C27H24N2O6/c1-2-13-34-27(33)29-24-14-17(11-12-22(24)25(30)31)15-28-26(32)35-16-23-20-9-5-3-7-18(20)19-8-4-6-10-21(19)23/h2-12,14,23H,1,13,15-16H2,(H,28,32)(H,29,33)(H,30,31).